The van der Waals surface area contributed by atoms with E-state index in [1.807, 2.05) is 12.1 Å². The molecule has 1 aliphatic rings. The Balaban J connectivity index is 2.27. The van der Waals surface area contributed by atoms with Crippen LogP contribution in [0.15, 0.2) is 12.1 Å². The Morgan fingerprint density at radius 3 is 2.35 bits per heavy atom. The number of benzene rings is 1. The van der Waals surface area contributed by atoms with Gasteiger partial charge in [0.2, 0.25) is 0 Å². The minimum absolute atomic E-state index is 0.0228. The van der Waals surface area contributed by atoms with Crippen LogP contribution in [0.5, 0.6) is 11.5 Å². The molecular weight excluding hydrogens is 272 g/mol. The fourth-order valence-electron chi connectivity index (χ4n) is 2.98. The predicted octanol–water partition coefficient (Wildman–Crippen LogP) is 3.86. The van der Waals surface area contributed by atoms with Gasteiger partial charge in [0.15, 0.2) is 16.3 Å². The van der Waals surface area contributed by atoms with Gasteiger partial charge in [0.05, 0.1) is 25.3 Å². The van der Waals surface area contributed by atoms with Gasteiger partial charge in [0.1, 0.15) is 0 Å². The molecule has 1 aromatic heterocycles. The molecule has 0 bridgehead atoms. The number of fused-ring (bicyclic) bond motifs is 1. The standard InChI is InChI=1S/C15H20N2O2S/c1-15(2,9-5-6-9)17-11-8-13(19-4)12(18-3)7-10(11)16-14(17)20/h7-9H,5-6H2,1-4H3,(H,16,20). The van der Waals surface area contributed by atoms with Crippen molar-refractivity contribution in [3.05, 3.63) is 16.9 Å². The largest absolute Gasteiger partial charge is 0.493 e. The molecule has 0 radical (unpaired) electrons. The van der Waals surface area contributed by atoms with Crippen molar-refractivity contribution in [1.82, 2.24) is 9.55 Å². The maximum Gasteiger partial charge on any atom is 0.178 e. The summed E-state index contributed by atoms with van der Waals surface area (Å²) < 4.78 is 13.7. The molecule has 5 heteroatoms. The fourth-order valence-corrected chi connectivity index (χ4v) is 3.42. The fraction of sp³-hybridized carbons (Fsp3) is 0.533. The van der Waals surface area contributed by atoms with Crippen LogP contribution in [-0.4, -0.2) is 23.8 Å². The van der Waals surface area contributed by atoms with E-state index >= 15 is 0 Å². The first kappa shape index (κ1) is 13.5. The highest BCUT2D eigenvalue weighted by Gasteiger charge is 2.40. The summed E-state index contributed by atoms with van der Waals surface area (Å²) in [7, 11) is 3.30. The molecule has 0 unspecified atom stereocenters. The van der Waals surface area contributed by atoms with Crippen molar-refractivity contribution in [3.8, 4) is 11.5 Å². The van der Waals surface area contributed by atoms with E-state index in [4.69, 9.17) is 21.7 Å². The smallest absolute Gasteiger partial charge is 0.178 e. The molecule has 0 amide bonds. The highest BCUT2D eigenvalue weighted by molar-refractivity contribution is 7.71. The van der Waals surface area contributed by atoms with Gasteiger partial charge in [-0.2, -0.15) is 0 Å². The van der Waals surface area contributed by atoms with Crippen molar-refractivity contribution >= 4 is 23.3 Å². The number of H-pyrrole nitrogens is 1. The minimum atomic E-state index is 0.0228. The Bertz CT molecular complexity index is 710. The normalized spacial score (nSPS) is 15.6. The Morgan fingerprint density at radius 2 is 1.80 bits per heavy atom. The first-order chi connectivity index (χ1) is 9.48. The molecule has 1 saturated carbocycles. The molecule has 0 aliphatic heterocycles. The maximum atomic E-state index is 5.53. The van der Waals surface area contributed by atoms with Crippen LogP contribution in [-0.2, 0) is 5.54 Å². The lowest BCUT2D eigenvalue weighted by Crippen LogP contribution is -2.28. The SMILES string of the molecule is COc1cc2[nH]c(=S)n(C(C)(C)C3CC3)c2cc1OC. The van der Waals surface area contributed by atoms with E-state index in [0.29, 0.717) is 11.7 Å². The number of imidazole rings is 1. The van der Waals surface area contributed by atoms with Gasteiger partial charge in [-0.25, -0.2) is 0 Å². The van der Waals surface area contributed by atoms with Gasteiger partial charge in [0, 0.05) is 17.7 Å². The molecular formula is C15H20N2O2S. The van der Waals surface area contributed by atoms with Crippen molar-refractivity contribution in [3.63, 3.8) is 0 Å². The molecule has 20 heavy (non-hydrogen) atoms. The van der Waals surface area contributed by atoms with Crippen LogP contribution < -0.4 is 9.47 Å². The molecule has 108 valence electrons. The van der Waals surface area contributed by atoms with Gasteiger partial charge >= 0.3 is 0 Å². The monoisotopic (exact) mass is 292 g/mol. The summed E-state index contributed by atoms with van der Waals surface area (Å²) >= 11 is 5.53. The van der Waals surface area contributed by atoms with Crippen LogP contribution in [0.25, 0.3) is 11.0 Å². The molecule has 4 nitrogen and oxygen atoms in total. The molecule has 1 aromatic carbocycles. The van der Waals surface area contributed by atoms with Gasteiger partial charge in [-0.3, -0.25) is 0 Å². The molecule has 1 fully saturated rings. The summed E-state index contributed by atoms with van der Waals surface area (Å²) in [5, 5.41) is 0. The minimum Gasteiger partial charge on any atom is -0.493 e. The number of aromatic nitrogens is 2. The summed E-state index contributed by atoms with van der Waals surface area (Å²) in [6.07, 6.45) is 2.55. The topological polar surface area (TPSA) is 39.2 Å². The van der Waals surface area contributed by atoms with E-state index in [1.54, 1.807) is 14.2 Å². The third kappa shape index (κ3) is 1.92. The Morgan fingerprint density at radius 1 is 1.20 bits per heavy atom. The van der Waals surface area contributed by atoms with Crippen LogP contribution in [0.3, 0.4) is 0 Å². The average Bonchev–Trinajstić information content (AvgIpc) is 3.20. The van der Waals surface area contributed by atoms with Crippen molar-refractivity contribution < 1.29 is 9.47 Å². The molecule has 0 atom stereocenters. The number of nitrogens with one attached hydrogen (secondary N) is 1. The molecule has 1 heterocycles. The van der Waals surface area contributed by atoms with Gasteiger partial charge in [-0.05, 0) is 44.8 Å². The van der Waals surface area contributed by atoms with Gasteiger partial charge in [0.25, 0.3) is 0 Å². The maximum absolute atomic E-state index is 5.53. The highest BCUT2D eigenvalue weighted by Crippen LogP contribution is 2.46. The Kier molecular flexibility index (Phi) is 3.05. The van der Waals surface area contributed by atoms with Crippen LogP contribution in [0.2, 0.25) is 0 Å². The molecule has 0 spiro atoms. The number of nitrogens with zero attached hydrogens (tertiary/aromatic N) is 1. The summed E-state index contributed by atoms with van der Waals surface area (Å²) in [5.41, 5.74) is 2.08. The van der Waals surface area contributed by atoms with Crippen molar-refractivity contribution in [2.75, 3.05) is 14.2 Å². The summed E-state index contributed by atoms with van der Waals surface area (Å²) in [6.45, 7) is 4.51. The first-order valence-corrected chi connectivity index (χ1v) is 7.27. The second-order valence-corrected chi connectivity index (χ2v) is 6.30. The highest BCUT2D eigenvalue weighted by atomic mass is 32.1. The third-order valence-corrected chi connectivity index (χ3v) is 4.62. The molecule has 0 saturated heterocycles. The molecule has 1 N–H and O–H groups in total. The zero-order valence-corrected chi connectivity index (χ0v) is 13.1. The van der Waals surface area contributed by atoms with Crippen molar-refractivity contribution in [2.24, 2.45) is 5.92 Å². The number of ether oxygens (including phenoxy) is 2. The van der Waals surface area contributed by atoms with Crippen LogP contribution in [0.1, 0.15) is 26.7 Å². The number of hydrogen-bond donors (Lipinski definition) is 1. The summed E-state index contributed by atoms with van der Waals surface area (Å²) in [6, 6.07) is 3.95. The first-order valence-electron chi connectivity index (χ1n) is 6.86. The lowest BCUT2D eigenvalue weighted by molar-refractivity contribution is 0.309. The van der Waals surface area contributed by atoms with E-state index in [2.05, 4.69) is 23.4 Å². The van der Waals surface area contributed by atoms with Gasteiger partial charge < -0.3 is 19.0 Å². The summed E-state index contributed by atoms with van der Waals surface area (Å²) in [4.78, 5) is 3.28. The Labute approximate surface area is 123 Å². The van der Waals surface area contributed by atoms with Gasteiger partial charge in [-0.15, -0.1) is 0 Å². The van der Waals surface area contributed by atoms with Crippen molar-refractivity contribution in [1.29, 1.82) is 0 Å². The van der Waals surface area contributed by atoms with E-state index < -0.39 is 0 Å². The number of hydrogen-bond acceptors (Lipinski definition) is 3. The number of rotatable bonds is 4. The molecule has 2 aromatic rings. The predicted molar refractivity (Wildman–Crippen MR) is 82.3 cm³/mol. The van der Waals surface area contributed by atoms with Crippen molar-refractivity contribution in [2.45, 2.75) is 32.2 Å². The van der Waals surface area contributed by atoms with Crippen LogP contribution in [0.4, 0.5) is 0 Å². The Hall–Kier alpha value is -1.49. The van der Waals surface area contributed by atoms with E-state index in [-0.39, 0.29) is 5.54 Å². The zero-order chi connectivity index (χ0) is 14.5. The number of aromatic amines is 1. The molecule has 1 aliphatic carbocycles. The third-order valence-electron chi connectivity index (χ3n) is 4.34. The second kappa shape index (κ2) is 4.52. The summed E-state index contributed by atoms with van der Waals surface area (Å²) in [5.74, 6) is 2.14. The second-order valence-electron chi connectivity index (χ2n) is 5.92. The lowest BCUT2D eigenvalue weighted by Gasteiger charge is -2.27. The van der Waals surface area contributed by atoms with E-state index in [1.165, 1.54) is 12.8 Å². The quantitative estimate of drug-likeness (QED) is 0.870. The molecule has 3 rings (SSSR count). The number of methoxy groups -OCH3 is 2. The van der Waals surface area contributed by atoms with Gasteiger partial charge in [-0.1, -0.05) is 0 Å². The average molecular weight is 292 g/mol. The lowest BCUT2D eigenvalue weighted by atomic mass is 9.98. The van der Waals surface area contributed by atoms with E-state index in [9.17, 15) is 0 Å². The van der Waals surface area contributed by atoms with Crippen LogP contribution in [0, 0.1) is 10.7 Å². The van der Waals surface area contributed by atoms with Crippen LogP contribution >= 0.6 is 12.2 Å². The zero-order valence-electron chi connectivity index (χ0n) is 12.3. The van der Waals surface area contributed by atoms with E-state index in [0.717, 1.165) is 21.6 Å².